The zero-order valence-electron chi connectivity index (χ0n) is 15.6. The van der Waals surface area contributed by atoms with Crippen molar-refractivity contribution in [3.63, 3.8) is 0 Å². The Balaban J connectivity index is 1.70. The van der Waals surface area contributed by atoms with E-state index in [1.165, 1.54) is 0 Å². The van der Waals surface area contributed by atoms with Crippen molar-refractivity contribution in [1.82, 2.24) is 9.88 Å². The number of nitrogens with one attached hydrogen (secondary N) is 2. The minimum absolute atomic E-state index is 0.220. The Morgan fingerprint density at radius 1 is 1.15 bits per heavy atom. The number of carbonyl (C=O) groups is 1. The molecule has 0 spiro atoms. The molecule has 0 aliphatic carbocycles. The normalized spacial score (nSPS) is 11.1. The van der Waals surface area contributed by atoms with Gasteiger partial charge in [0.15, 0.2) is 0 Å². The number of nitrogens with zero attached hydrogens (tertiary/aromatic N) is 1. The van der Waals surface area contributed by atoms with E-state index in [4.69, 9.17) is 16.3 Å². The molecule has 0 saturated carbocycles. The minimum Gasteiger partial charge on any atom is -0.490 e. The van der Waals surface area contributed by atoms with Crippen LogP contribution in [0, 0.1) is 0 Å². The van der Waals surface area contributed by atoms with Crippen molar-refractivity contribution in [2.45, 2.75) is 13.8 Å². The van der Waals surface area contributed by atoms with Crippen LogP contribution in [0.3, 0.4) is 0 Å². The fraction of sp³-hybridized carbons (Fsp3) is 0.286. The zero-order chi connectivity index (χ0) is 19.2. The molecular weight excluding hydrogens is 362 g/mol. The van der Waals surface area contributed by atoms with Crippen LogP contribution >= 0.6 is 11.6 Å². The lowest BCUT2D eigenvalue weighted by atomic mass is 10.2. The number of carbonyl (C=O) groups excluding carboxylic acids is 1. The predicted molar refractivity (Wildman–Crippen MR) is 111 cm³/mol. The Labute approximate surface area is 164 Å². The number of anilines is 1. The number of aromatic amines is 1. The van der Waals surface area contributed by atoms with Crippen LogP contribution in [0.25, 0.3) is 10.9 Å². The van der Waals surface area contributed by atoms with Crippen LogP contribution in [-0.2, 0) is 0 Å². The zero-order valence-corrected chi connectivity index (χ0v) is 16.3. The van der Waals surface area contributed by atoms with Crippen molar-refractivity contribution in [1.29, 1.82) is 0 Å². The molecule has 0 atom stereocenters. The fourth-order valence-electron chi connectivity index (χ4n) is 2.94. The summed E-state index contributed by atoms with van der Waals surface area (Å²) < 4.78 is 5.90. The van der Waals surface area contributed by atoms with Gasteiger partial charge in [0.05, 0.1) is 5.69 Å². The monoisotopic (exact) mass is 385 g/mol. The molecule has 27 heavy (non-hydrogen) atoms. The third kappa shape index (κ3) is 4.81. The molecule has 1 amide bonds. The standard InChI is InChI=1S/C21H24ClN3O2/c1-3-25(4-2)11-12-27-20-8-6-5-7-18(20)24-21(26)19-14-15-13-16(22)9-10-17(15)23-19/h5-10,13-14,23H,3-4,11-12H2,1-2H3,(H,24,26). The van der Waals surface area contributed by atoms with Crippen LogP contribution < -0.4 is 10.1 Å². The average Bonchev–Trinajstić information content (AvgIpc) is 3.10. The van der Waals surface area contributed by atoms with Gasteiger partial charge in [0.2, 0.25) is 0 Å². The molecule has 6 heteroatoms. The molecule has 1 aromatic heterocycles. The van der Waals surface area contributed by atoms with Crippen molar-refractivity contribution in [3.05, 3.63) is 59.2 Å². The molecule has 2 aromatic carbocycles. The van der Waals surface area contributed by atoms with E-state index in [2.05, 4.69) is 29.0 Å². The fourth-order valence-corrected chi connectivity index (χ4v) is 3.12. The molecule has 3 aromatic rings. The number of para-hydroxylation sites is 2. The number of H-pyrrole nitrogens is 1. The van der Waals surface area contributed by atoms with Gasteiger partial charge in [-0.3, -0.25) is 4.79 Å². The number of halogens is 1. The van der Waals surface area contributed by atoms with Crippen molar-refractivity contribution < 1.29 is 9.53 Å². The molecule has 0 bridgehead atoms. The first-order valence-electron chi connectivity index (χ1n) is 9.14. The van der Waals surface area contributed by atoms with Gasteiger partial charge in [0.25, 0.3) is 5.91 Å². The summed E-state index contributed by atoms with van der Waals surface area (Å²) in [7, 11) is 0. The van der Waals surface area contributed by atoms with Gasteiger partial charge in [0, 0.05) is 22.5 Å². The van der Waals surface area contributed by atoms with Gasteiger partial charge in [-0.05, 0) is 49.5 Å². The highest BCUT2D eigenvalue weighted by Crippen LogP contribution is 2.25. The van der Waals surface area contributed by atoms with Crippen molar-refractivity contribution in [2.24, 2.45) is 0 Å². The van der Waals surface area contributed by atoms with Gasteiger partial charge in [-0.2, -0.15) is 0 Å². The maximum atomic E-state index is 12.7. The second-order valence-electron chi connectivity index (χ2n) is 6.24. The van der Waals surface area contributed by atoms with Crippen LogP contribution in [-0.4, -0.2) is 42.0 Å². The number of benzene rings is 2. The summed E-state index contributed by atoms with van der Waals surface area (Å²) >= 11 is 6.02. The summed E-state index contributed by atoms with van der Waals surface area (Å²) in [5, 5.41) is 4.47. The van der Waals surface area contributed by atoms with E-state index in [9.17, 15) is 4.79 Å². The minimum atomic E-state index is -0.220. The lowest BCUT2D eigenvalue weighted by Crippen LogP contribution is -2.28. The largest absolute Gasteiger partial charge is 0.490 e. The topological polar surface area (TPSA) is 57.4 Å². The molecule has 3 rings (SSSR count). The summed E-state index contributed by atoms with van der Waals surface area (Å²) in [4.78, 5) is 18.1. The van der Waals surface area contributed by atoms with E-state index >= 15 is 0 Å². The Hall–Kier alpha value is -2.50. The maximum Gasteiger partial charge on any atom is 0.272 e. The third-order valence-corrected chi connectivity index (χ3v) is 4.76. The van der Waals surface area contributed by atoms with Gasteiger partial charge >= 0.3 is 0 Å². The van der Waals surface area contributed by atoms with Crippen molar-refractivity contribution in [3.8, 4) is 5.75 Å². The van der Waals surface area contributed by atoms with Crippen molar-refractivity contribution in [2.75, 3.05) is 31.6 Å². The van der Waals surface area contributed by atoms with E-state index in [1.807, 2.05) is 36.4 Å². The molecule has 5 nitrogen and oxygen atoms in total. The lowest BCUT2D eigenvalue weighted by molar-refractivity contribution is 0.102. The Morgan fingerprint density at radius 2 is 1.93 bits per heavy atom. The number of hydrogen-bond acceptors (Lipinski definition) is 3. The van der Waals surface area contributed by atoms with Crippen molar-refractivity contribution >= 4 is 34.1 Å². The van der Waals surface area contributed by atoms with Crippen LogP contribution in [0.1, 0.15) is 24.3 Å². The number of fused-ring (bicyclic) bond motifs is 1. The summed E-state index contributed by atoms with van der Waals surface area (Å²) in [5.41, 5.74) is 2.00. The molecule has 0 fully saturated rings. The second-order valence-corrected chi connectivity index (χ2v) is 6.68. The summed E-state index contributed by atoms with van der Waals surface area (Å²) in [5.74, 6) is 0.444. The highest BCUT2D eigenvalue weighted by Gasteiger charge is 2.13. The molecule has 0 saturated heterocycles. The van der Waals surface area contributed by atoms with Gasteiger partial charge in [-0.15, -0.1) is 0 Å². The molecule has 142 valence electrons. The van der Waals surface area contributed by atoms with Crippen LogP contribution in [0.2, 0.25) is 5.02 Å². The second kappa shape index (κ2) is 8.93. The first-order valence-corrected chi connectivity index (χ1v) is 9.52. The third-order valence-electron chi connectivity index (χ3n) is 4.52. The SMILES string of the molecule is CCN(CC)CCOc1ccccc1NC(=O)c1cc2cc(Cl)ccc2[nH]1. The highest BCUT2D eigenvalue weighted by atomic mass is 35.5. The Kier molecular flexibility index (Phi) is 6.37. The van der Waals surface area contributed by atoms with Gasteiger partial charge in [-0.1, -0.05) is 37.6 Å². The molecule has 2 N–H and O–H groups in total. The molecule has 0 aliphatic heterocycles. The number of hydrogen-bond donors (Lipinski definition) is 2. The molecule has 1 heterocycles. The number of rotatable bonds is 8. The van der Waals surface area contributed by atoms with E-state index < -0.39 is 0 Å². The molecule has 0 radical (unpaired) electrons. The van der Waals surface area contributed by atoms with Gasteiger partial charge in [-0.25, -0.2) is 0 Å². The molecule has 0 aliphatic rings. The van der Waals surface area contributed by atoms with E-state index in [0.717, 1.165) is 30.5 Å². The lowest BCUT2D eigenvalue weighted by Gasteiger charge is -2.19. The Bertz CT molecular complexity index is 919. The quantitative estimate of drug-likeness (QED) is 0.585. The molecule has 0 unspecified atom stereocenters. The van der Waals surface area contributed by atoms with Crippen LogP contribution in [0.4, 0.5) is 5.69 Å². The summed E-state index contributed by atoms with van der Waals surface area (Å²) in [6, 6.07) is 14.7. The predicted octanol–water partition coefficient (Wildman–Crippen LogP) is 4.79. The molecular formula is C21H24ClN3O2. The first kappa shape index (κ1) is 19.3. The Morgan fingerprint density at radius 3 is 2.70 bits per heavy atom. The van der Waals surface area contributed by atoms with E-state index in [1.54, 1.807) is 12.1 Å². The van der Waals surface area contributed by atoms with Gasteiger partial charge < -0.3 is 19.9 Å². The summed E-state index contributed by atoms with van der Waals surface area (Å²) in [6.45, 7) is 7.65. The van der Waals surface area contributed by atoms with E-state index in [0.29, 0.717) is 28.8 Å². The highest BCUT2D eigenvalue weighted by molar-refractivity contribution is 6.31. The first-order chi connectivity index (χ1) is 13.1. The average molecular weight is 386 g/mol. The maximum absolute atomic E-state index is 12.7. The number of aromatic nitrogens is 1. The smallest absolute Gasteiger partial charge is 0.272 e. The number of likely N-dealkylation sites (N-methyl/N-ethyl adjacent to an activating group) is 1. The number of ether oxygens (including phenoxy) is 1. The van der Waals surface area contributed by atoms with Crippen LogP contribution in [0.15, 0.2) is 48.5 Å². The van der Waals surface area contributed by atoms with Gasteiger partial charge in [0.1, 0.15) is 18.1 Å². The van der Waals surface area contributed by atoms with Crippen LogP contribution in [0.5, 0.6) is 5.75 Å². The number of amides is 1. The summed E-state index contributed by atoms with van der Waals surface area (Å²) in [6.07, 6.45) is 0. The van der Waals surface area contributed by atoms with E-state index in [-0.39, 0.29) is 5.91 Å².